The van der Waals surface area contributed by atoms with Crippen LogP contribution in [0.4, 0.5) is 0 Å². The molecule has 68 valence electrons. The Morgan fingerprint density at radius 3 is 2.50 bits per heavy atom. The Kier molecular flexibility index (Phi) is 6.16. The summed E-state index contributed by atoms with van der Waals surface area (Å²) in [5, 5.41) is 0. The first-order valence-corrected chi connectivity index (χ1v) is 4.31. The van der Waals surface area contributed by atoms with Crippen molar-refractivity contribution in [1.29, 1.82) is 0 Å². The van der Waals surface area contributed by atoms with Crippen LogP contribution in [0.5, 0.6) is 0 Å². The van der Waals surface area contributed by atoms with Crippen molar-refractivity contribution < 1.29 is 4.74 Å². The number of hydrogen-bond acceptors (Lipinski definition) is 1. The average Bonchev–Trinajstić information content (AvgIpc) is 2.04. The molecule has 0 heterocycles. The zero-order valence-electron chi connectivity index (χ0n) is 8.26. The lowest BCUT2D eigenvalue weighted by molar-refractivity contribution is 0.221. The Morgan fingerprint density at radius 2 is 2.08 bits per heavy atom. The van der Waals surface area contributed by atoms with Crippen LogP contribution < -0.4 is 0 Å². The summed E-state index contributed by atoms with van der Waals surface area (Å²) in [4.78, 5) is 0. The lowest BCUT2D eigenvalue weighted by Crippen LogP contribution is -1.92. The van der Waals surface area contributed by atoms with Crippen LogP contribution in [-0.4, -0.2) is 6.61 Å². The Labute approximate surface area is 75.4 Å². The highest BCUT2D eigenvalue weighted by Crippen LogP contribution is 2.07. The van der Waals surface area contributed by atoms with E-state index in [0.717, 1.165) is 18.8 Å². The van der Waals surface area contributed by atoms with E-state index in [9.17, 15) is 0 Å². The summed E-state index contributed by atoms with van der Waals surface area (Å²) in [6, 6.07) is 0. The molecule has 0 aliphatic carbocycles. The SMILES string of the molecule is C=C/C=C\C(OCCC)=C(C)C. The summed E-state index contributed by atoms with van der Waals surface area (Å²) in [5.41, 5.74) is 1.20. The predicted octanol–water partition coefficient (Wildman–Crippen LogP) is 3.45. The van der Waals surface area contributed by atoms with Crippen LogP contribution >= 0.6 is 0 Å². The van der Waals surface area contributed by atoms with Crippen molar-refractivity contribution in [2.75, 3.05) is 6.61 Å². The third kappa shape index (κ3) is 4.78. The summed E-state index contributed by atoms with van der Waals surface area (Å²) in [6.45, 7) is 10.6. The fraction of sp³-hybridized carbons (Fsp3) is 0.455. The Hall–Kier alpha value is -0.980. The van der Waals surface area contributed by atoms with Crippen LogP contribution in [0.3, 0.4) is 0 Å². The molecular formula is C11H18O. The molecule has 0 aliphatic heterocycles. The molecule has 0 aromatic rings. The molecule has 0 aliphatic rings. The minimum atomic E-state index is 0.780. The fourth-order valence-corrected chi connectivity index (χ4v) is 0.727. The monoisotopic (exact) mass is 166 g/mol. The predicted molar refractivity (Wildman–Crippen MR) is 54.0 cm³/mol. The van der Waals surface area contributed by atoms with E-state index in [1.165, 1.54) is 5.57 Å². The van der Waals surface area contributed by atoms with E-state index in [1.807, 2.05) is 26.0 Å². The van der Waals surface area contributed by atoms with Crippen LogP contribution in [0, 0.1) is 0 Å². The van der Waals surface area contributed by atoms with Gasteiger partial charge >= 0.3 is 0 Å². The van der Waals surface area contributed by atoms with Gasteiger partial charge in [-0.3, -0.25) is 0 Å². The molecule has 0 fully saturated rings. The quantitative estimate of drug-likeness (QED) is 0.449. The molecule has 1 heteroatoms. The molecular weight excluding hydrogens is 148 g/mol. The first kappa shape index (κ1) is 11.0. The Morgan fingerprint density at radius 1 is 1.42 bits per heavy atom. The van der Waals surface area contributed by atoms with Gasteiger partial charge in [-0.2, -0.15) is 0 Å². The van der Waals surface area contributed by atoms with Gasteiger partial charge < -0.3 is 4.74 Å². The maximum atomic E-state index is 5.50. The first-order valence-electron chi connectivity index (χ1n) is 4.31. The number of ether oxygens (including phenoxy) is 1. The molecule has 0 saturated heterocycles. The smallest absolute Gasteiger partial charge is 0.117 e. The number of rotatable bonds is 5. The van der Waals surface area contributed by atoms with Crippen LogP contribution in [0.25, 0.3) is 0 Å². The molecule has 12 heavy (non-hydrogen) atoms. The van der Waals surface area contributed by atoms with Gasteiger partial charge in [-0.05, 0) is 31.9 Å². The van der Waals surface area contributed by atoms with Gasteiger partial charge in [0.15, 0.2) is 0 Å². The maximum absolute atomic E-state index is 5.50. The van der Waals surface area contributed by atoms with E-state index < -0.39 is 0 Å². The lowest BCUT2D eigenvalue weighted by atomic mass is 10.2. The normalized spacial score (nSPS) is 9.92. The minimum absolute atomic E-state index is 0.780. The largest absolute Gasteiger partial charge is 0.494 e. The Bertz CT molecular complexity index is 183. The van der Waals surface area contributed by atoms with Gasteiger partial charge in [0.1, 0.15) is 5.76 Å². The zero-order valence-corrected chi connectivity index (χ0v) is 8.26. The van der Waals surface area contributed by atoms with Gasteiger partial charge in [0.05, 0.1) is 6.61 Å². The van der Waals surface area contributed by atoms with Gasteiger partial charge in [-0.15, -0.1) is 0 Å². The van der Waals surface area contributed by atoms with Crippen molar-refractivity contribution in [2.24, 2.45) is 0 Å². The number of allylic oxidation sites excluding steroid dienone is 4. The van der Waals surface area contributed by atoms with E-state index in [4.69, 9.17) is 4.74 Å². The molecule has 0 rings (SSSR count). The maximum Gasteiger partial charge on any atom is 0.117 e. The molecule has 0 N–H and O–H groups in total. The van der Waals surface area contributed by atoms with Gasteiger partial charge in [-0.1, -0.05) is 25.7 Å². The van der Waals surface area contributed by atoms with E-state index in [2.05, 4.69) is 13.5 Å². The molecule has 0 aromatic heterocycles. The molecule has 0 amide bonds. The average molecular weight is 166 g/mol. The van der Waals surface area contributed by atoms with Crippen LogP contribution in [0.2, 0.25) is 0 Å². The molecule has 1 nitrogen and oxygen atoms in total. The van der Waals surface area contributed by atoms with Crippen molar-refractivity contribution >= 4 is 0 Å². The van der Waals surface area contributed by atoms with Crippen LogP contribution in [0.1, 0.15) is 27.2 Å². The highest BCUT2D eigenvalue weighted by Gasteiger charge is 1.93. The van der Waals surface area contributed by atoms with E-state index in [1.54, 1.807) is 6.08 Å². The van der Waals surface area contributed by atoms with Crippen molar-refractivity contribution in [1.82, 2.24) is 0 Å². The minimum Gasteiger partial charge on any atom is -0.494 e. The molecule has 0 unspecified atom stereocenters. The van der Waals surface area contributed by atoms with E-state index in [-0.39, 0.29) is 0 Å². The van der Waals surface area contributed by atoms with Crippen molar-refractivity contribution in [3.8, 4) is 0 Å². The van der Waals surface area contributed by atoms with E-state index >= 15 is 0 Å². The number of hydrogen-bond donors (Lipinski definition) is 0. The first-order chi connectivity index (χ1) is 5.72. The summed E-state index contributed by atoms with van der Waals surface area (Å²) < 4.78 is 5.50. The summed E-state index contributed by atoms with van der Waals surface area (Å²) in [7, 11) is 0. The molecule has 0 saturated carbocycles. The highest BCUT2D eigenvalue weighted by molar-refractivity contribution is 5.20. The lowest BCUT2D eigenvalue weighted by Gasteiger charge is -2.06. The highest BCUT2D eigenvalue weighted by atomic mass is 16.5. The topological polar surface area (TPSA) is 9.23 Å². The van der Waals surface area contributed by atoms with Gasteiger partial charge in [0, 0.05) is 0 Å². The molecule has 0 aromatic carbocycles. The van der Waals surface area contributed by atoms with Crippen molar-refractivity contribution in [3.63, 3.8) is 0 Å². The second kappa shape index (κ2) is 6.71. The second-order valence-electron chi connectivity index (χ2n) is 2.81. The third-order valence-corrected chi connectivity index (χ3v) is 1.34. The third-order valence-electron chi connectivity index (χ3n) is 1.34. The molecule has 0 atom stereocenters. The zero-order chi connectivity index (χ0) is 9.40. The van der Waals surface area contributed by atoms with Crippen molar-refractivity contribution in [3.05, 3.63) is 36.1 Å². The second-order valence-corrected chi connectivity index (χ2v) is 2.81. The van der Waals surface area contributed by atoms with Gasteiger partial charge in [0.25, 0.3) is 0 Å². The van der Waals surface area contributed by atoms with Gasteiger partial charge in [-0.25, -0.2) is 0 Å². The van der Waals surface area contributed by atoms with E-state index in [0.29, 0.717) is 0 Å². The molecule has 0 spiro atoms. The molecule has 0 radical (unpaired) electrons. The summed E-state index contributed by atoms with van der Waals surface area (Å²) >= 11 is 0. The van der Waals surface area contributed by atoms with Crippen LogP contribution in [-0.2, 0) is 4.74 Å². The van der Waals surface area contributed by atoms with Gasteiger partial charge in [0.2, 0.25) is 0 Å². The fourth-order valence-electron chi connectivity index (χ4n) is 0.727. The summed E-state index contributed by atoms with van der Waals surface area (Å²) in [5.74, 6) is 0.955. The summed E-state index contributed by atoms with van der Waals surface area (Å²) in [6.07, 6.45) is 6.62. The van der Waals surface area contributed by atoms with Crippen LogP contribution in [0.15, 0.2) is 36.1 Å². The Balaban J connectivity index is 4.16. The molecule has 0 bridgehead atoms. The standard InChI is InChI=1S/C11H18O/c1-5-7-8-11(10(3)4)12-9-6-2/h5,7-8H,1,6,9H2,2-4H3/b8-7-. The van der Waals surface area contributed by atoms with Crippen molar-refractivity contribution in [2.45, 2.75) is 27.2 Å².